The molecule has 0 atom stereocenters. The van der Waals surface area contributed by atoms with Crippen molar-refractivity contribution in [3.05, 3.63) is 24.3 Å². The van der Waals surface area contributed by atoms with E-state index in [2.05, 4.69) is 26.4 Å². The first-order chi connectivity index (χ1) is 10.3. The summed E-state index contributed by atoms with van der Waals surface area (Å²) in [4.78, 5) is 8.85. The van der Waals surface area contributed by atoms with Crippen LogP contribution in [0.25, 0.3) is 0 Å². The second kappa shape index (κ2) is 8.02. The highest BCUT2D eigenvalue weighted by molar-refractivity contribution is 7.98. The molecule has 1 aliphatic rings. The standard InChI is InChI=1S/C15H24N4OS/c1-16-15(17-7-12-21-2)19-10-8-18(9-11-19)13-5-3-4-6-14(13)20/h3-6,20H,7-12H2,1-2H3,(H,16,17). The lowest BCUT2D eigenvalue weighted by Crippen LogP contribution is -2.52. The van der Waals surface area contributed by atoms with E-state index in [4.69, 9.17) is 0 Å². The number of nitrogens with one attached hydrogen (secondary N) is 1. The Bertz CT molecular complexity index is 472. The first-order valence-electron chi connectivity index (χ1n) is 7.23. The summed E-state index contributed by atoms with van der Waals surface area (Å²) in [6.45, 7) is 4.54. The summed E-state index contributed by atoms with van der Waals surface area (Å²) in [6, 6.07) is 7.53. The third-order valence-electron chi connectivity index (χ3n) is 3.60. The van der Waals surface area contributed by atoms with E-state index < -0.39 is 0 Å². The second-order valence-electron chi connectivity index (χ2n) is 4.93. The molecule has 5 nitrogen and oxygen atoms in total. The van der Waals surface area contributed by atoms with E-state index in [0.717, 1.165) is 50.1 Å². The average molecular weight is 308 g/mol. The van der Waals surface area contributed by atoms with E-state index in [1.54, 1.807) is 6.07 Å². The predicted molar refractivity (Wildman–Crippen MR) is 91.6 cm³/mol. The van der Waals surface area contributed by atoms with Gasteiger partial charge in [0.25, 0.3) is 0 Å². The monoisotopic (exact) mass is 308 g/mol. The van der Waals surface area contributed by atoms with Gasteiger partial charge in [0, 0.05) is 45.5 Å². The van der Waals surface area contributed by atoms with E-state index in [9.17, 15) is 5.11 Å². The van der Waals surface area contributed by atoms with Crippen LogP contribution < -0.4 is 10.2 Å². The summed E-state index contributed by atoms with van der Waals surface area (Å²) in [5.41, 5.74) is 0.919. The number of aliphatic imine (C=N–C) groups is 1. The van der Waals surface area contributed by atoms with Gasteiger partial charge in [-0.1, -0.05) is 12.1 Å². The van der Waals surface area contributed by atoms with Crippen molar-refractivity contribution in [3.63, 3.8) is 0 Å². The first-order valence-corrected chi connectivity index (χ1v) is 8.63. The fraction of sp³-hybridized carbons (Fsp3) is 0.533. The average Bonchev–Trinajstić information content (AvgIpc) is 2.53. The van der Waals surface area contributed by atoms with E-state index in [-0.39, 0.29) is 0 Å². The maximum atomic E-state index is 9.93. The number of anilines is 1. The largest absolute Gasteiger partial charge is 0.506 e. The van der Waals surface area contributed by atoms with Gasteiger partial charge in [0.2, 0.25) is 0 Å². The molecule has 6 heteroatoms. The first kappa shape index (κ1) is 15.8. The van der Waals surface area contributed by atoms with Gasteiger partial charge in [0.05, 0.1) is 5.69 Å². The van der Waals surface area contributed by atoms with Crippen LogP contribution in [-0.2, 0) is 0 Å². The molecule has 1 heterocycles. The van der Waals surface area contributed by atoms with Crippen LogP contribution in [0, 0.1) is 0 Å². The van der Waals surface area contributed by atoms with Crippen LogP contribution in [-0.4, -0.2) is 67.7 Å². The van der Waals surface area contributed by atoms with Gasteiger partial charge in [-0.15, -0.1) is 0 Å². The smallest absolute Gasteiger partial charge is 0.193 e. The number of hydrogen-bond donors (Lipinski definition) is 2. The maximum Gasteiger partial charge on any atom is 0.193 e. The topological polar surface area (TPSA) is 51.1 Å². The summed E-state index contributed by atoms with van der Waals surface area (Å²) in [7, 11) is 1.83. The van der Waals surface area contributed by atoms with Gasteiger partial charge in [-0.05, 0) is 18.4 Å². The van der Waals surface area contributed by atoms with Crippen molar-refractivity contribution in [1.29, 1.82) is 0 Å². The molecule has 0 amide bonds. The molecule has 116 valence electrons. The number of thioether (sulfide) groups is 1. The second-order valence-corrected chi connectivity index (χ2v) is 5.92. The number of phenolic OH excluding ortho intramolecular Hbond substituents is 1. The number of guanidine groups is 1. The van der Waals surface area contributed by atoms with Crippen molar-refractivity contribution in [1.82, 2.24) is 10.2 Å². The molecular formula is C15H24N4OS. The zero-order valence-corrected chi connectivity index (χ0v) is 13.6. The number of benzene rings is 1. The maximum absolute atomic E-state index is 9.93. The summed E-state index contributed by atoms with van der Waals surface area (Å²) in [5, 5.41) is 13.3. The third kappa shape index (κ3) is 4.20. The molecule has 0 unspecified atom stereocenters. The number of rotatable bonds is 4. The van der Waals surface area contributed by atoms with Crippen LogP contribution in [0.15, 0.2) is 29.3 Å². The van der Waals surface area contributed by atoms with Crippen molar-refractivity contribution >= 4 is 23.4 Å². The molecule has 21 heavy (non-hydrogen) atoms. The zero-order valence-electron chi connectivity index (χ0n) is 12.7. The molecule has 2 N–H and O–H groups in total. The van der Waals surface area contributed by atoms with Gasteiger partial charge in [-0.3, -0.25) is 4.99 Å². The SMILES string of the molecule is CN=C(NCCSC)N1CCN(c2ccccc2O)CC1. The van der Waals surface area contributed by atoms with E-state index in [1.807, 2.05) is 37.0 Å². The quantitative estimate of drug-likeness (QED) is 0.501. The van der Waals surface area contributed by atoms with E-state index in [0.29, 0.717) is 5.75 Å². The Morgan fingerprint density at radius 1 is 1.29 bits per heavy atom. The Morgan fingerprint density at radius 3 is 2.62 bits per heavy atom. The van der Waals surface area contributed by atoms with Crippen LogP contribution >= 0.6 is 11.8 Å². The van der Waals surface area contributed by atoms with Gasteiger partial charge < -0.3 is 20.2 Å². The Labute approximate surface area is 131 Å². The van der Waals surface area contributed by atoms with Crippen molar-refractivity contribution in [3.8, 4) is 5.75 Å². The molecule has 2 rings (SSSR count). The molecule has 0 bridgehead atoms. The van der Waals surface area contributed by atoms with Gasteiger partial charge in [0.15, 0.2) is 5.96 Å². The Balaban J connectivity index is 1.89. The summed E-state index contributed by atoms with van der Waals surface area (Å²) in [5.74, 6) is 2.41. The zero-order chi connectivity index (χ0) is 15.1. The van der Waals surface area contributed by atoms with Crippen molar-refractivity contribution < 1.29 is 5.11 Å². The predicted octanol–water partition coefficient (Wildman–Crippen LogP) is 1.45. The van der Waals surface area contributed by atoms with Gasteiger partial charge >= 0.3 is 0 Å². The number of phenols is 1. The fourth-order valence-electron chi connectivity index (χ4n) is 2.49. The number of piperazine rings is 1. The van der Waals surface area contributed by atoms with Crippen molar-refractivity contribution in [2.75, 3.05) is 56.7 Å². The molecule has 0 radical (unpaired) electrons. The van der Waals surface area contributed by atoms with Crippen LogP contribution in [0.4, 0.5) is 5.69 Å². The lowest BCUT2D eigenvalue weighted by atomic mass is 10.2. The number of aromatic hydroxyl groups is 1. The molecule has 1 aliphatic heterocycles. The Kier molecular flexibility index (Phi) is 6.04. The van der Waals surface area contributed by atoms with Gasteiger partial charge in [-0.2, -0.15) is 11.8 Å². The minimum absolute atomic E-state index is 0.355. The van der Waals surface area contributed by atoms with Crippen LogP contribution in [0.5, 0.6) is 5.75 Å². The highest BCUT2D eigenvalue weighted by Crippen LogP contribution is 2.27. The van der Waals surface area contributed by atoms with E-state index in [1.165, 1.54) is 0 Å². The lowest BCUT2D eigenvalue weighted by Gasteiger charge is -2.37. The molecule has 1 fully saturated rings. The minimum atomic E-state index is 0.355. The summed E-state index contributed by atoms with van der Waals surface area (Å²) in [6.07, 6.45) is 2.11. The van der Waals surface area contributed by atoms with Crippen LogP contribution in [0.2, 0.25) is 0 Å². The molecular weight excluding hydrogens is 284 g/mol. The summed E-state index contributed by atoms with van der Waals surface area (Å²) < 4.78 is 0. The molecule has 1 saturated heterocycles. The highest BCUT2D eigenvalue weighted by atomic mass is 32.2. The lowest BCUT2D eigenvalue weighted by molar-refractivity contribution is 0.371. The number of hydrogen-bond acceptors (Lipinski definition) is 4. The number of nitrogens with zero attached hydrogens (tertiary/aromatic N) is 3. The fourth-order valence-corrected chi connectivity index (χ4v) is 2.79. The van der Waals surface area contributed by atoms with Gasteiger partial charge in [-0.25, -0.2) is 0 Å². The Hall–Kier alpha value is -1.56. The highest BCUT2D eigenvalue weighted by Gasteiger charge is 2.20. The van der Waals surface area contributed by atoms with E-state index >= 15 is 0 Å². The molecule has 1 aromatic rings. The van der Waals surface area contributed by atoms with Crippen LogP contribution in [0.3, 0.4) is 0 Å². The molecule has 1 aromatic carbocycles. The Morgan fingerprint density at radius 2 is 2.00 bits per heavy atom. The molecule has 0 spiro atoms. The summed E-state index contributed by atoms with van der Waals surface area (Å²) >= 11 is 1.83. The molecule has 0 aromatic heterocycles. The van der Waals surface area contributed by atoms with Gasteiger partial charge in [0.1, 0.15) is 5.75 Å². The van der Waals surface area contributed by atoms with Crippen molar-refractivity contribution in [2.45, 2.75) is 0 Å². The van der Waals surface area contributed by atoms with Crippen LogP contribution in [0.1, 0.15) is 0 Å². The molecule has 0 aliphatic carbocycles. The van der Waals surface area contributed by atoms with Crippen molar-refractivity contribution in [2.24, 2.45) is 4.99 Å². The third-order valence-corrected chi connectivity index (χ3v) is 4.22. The number of para-hydroxylation sites is 2. The minimum Gasteiger partial charge on any atom is -0.506 e. The normalized spacial score (nSPS) is 16.2. The molecule has 0 saturated carbocycles.